The highest BCUT2D eigenvalue weighted by molar-refractivity contribution is 7.09. The molecule has 1 N–H and O–H groups in total. The molecule has 1 aromatic carbocycles. The molecular formula is C21H25NO5S. The first-order valence-corrected chi connectivity index (χ1v) is 10.6. The normalized spacial score (nSPS) is 21.4. The van der Waals surface area contributed by atoms with E-state index in [1.54, 1.807) is 16.2 Å². The molecule has 3 heterocycles. The Morgan fingerprint density at radius 3 is 2.96 bits per heavy atom. The molecule has 28 heavy (non-hydrogen) atoms. The van der Waals surface area contributed by atoms with Gasteiger partial charge in [-0.25, -0.2) is 0 Å². The molecule has 0 saturated carbocycles. The van der Waals surface area contributed by atoms with Crippen LogP contribution >= 0.6 is 11.3 Å². The quantitative estimate of drug-likeness (QED) is 0.803. The van der Waals surface area contributed by atoms with E-state index in [0.717, 1.165) is 12.8 Å². The molecule has 4 rings (SSSR count). The Balaban J connectivity index is 1.29. The van der Waals surface area contributed by atoms with Crippen LogP contribution in [0.2, 0.25) is 0 Å². The van der Waals surface area contributed by atoms with E-state index in [1.807, 2.05) is 24.3 Å². The van der Waals surface area contributed by atoms with E-state index < -0.39 is 6.10 Å². The van der Waals surface area contributed by atoms with Crippen molar-refractivity contribution in [2.45, 2.75) is 37.9 Å². The zero-order valence-electron chi connectivity index (χ0n) is 15.7. The number of piperidine rings is 1. The van der Waals surface area contributed by atoms with Gasteiger partial charge in [0.2, 0.25) is 11.7 Å². The average Bonchev–Trinajstić information content (AvgIpc) is 3.23. The van der Waals surface area contributed by atoms with E-state index in [9.17, 15) is 9.90 Å². The highest BCUT2D eigenvalue weighted by Gasteiger charge is 2.32. The third-order valence-corrected chi connectivity index (χ3v) is 6.01. The largest absolute Gasteiger partial charge is 0.486 e. The van der Waals surface area contributed by atoms with Gasteiger partial charge in [0.05, 0.1) is 6.54 Å². The number of β-amino-alcohol motifs (C(OH)–C–C–N with tert-alkyl or cyclic N) is 1. The molecule has 2 aliphatic heterocycles. The van der Waals surface area contributed by atoms with Crippen LogP contribution in [0, 0.1) is 0 Å². The minimum atomic E-state index is -0.727. The van der Waals surface area contributed by atoms with E-state index in [0.29, 0.717) is 56.4 Å². The number of nitrogens with zero attached hydrogens (tertiary/aromatic N) is 1. The van der Waals surface area contributed by atoms with Gasteiger partial charge in [-0.1, -0.05) is 12.1 Å². The summed E-state index contributed by atoms with van der Waals surface area (Å²) in [6.07, 6.45) is 1.75. The van der Waals surface area contributed by atoms with Gasteiger partial charge < -0.3 is 24.2 Å². The first kappa shape index (κ1) is 19.1. The average molecular weight is 404 g/mol. The number of aliphatic hydroxyl groups excluding tert-OH is 1. The Bertz CT molecular complexity index is 794. The van der Waals surface area contributed by atoms with E-state index >= 15 is 0 Å². The summed E-state index contributed by atoms with van der Waals surface area (Å²) in [5.41, 5.74) is 0. The first-order chi connectivity index (χ1) is 13.7. The van der Waals surface area contributed by atoms with Crippen LogP contribution in [0.1, 0.15) is 24.1 Å². The molecule has 150 valence electrons. The molecule has 0 spiro atoms. The van der Waals surface area contributed by atoms with Crippen LogP contribution in [0.5, 0.6) is 17.2 Å². The Kier molecular flexibility index (Phi) is 6.02. The number of rotatable bonds is 6. The van der Waals surface area contributed by atoms with Crippen molar-refractivity contribution in [1.82, 2.24) is 4.90 Å². The number of fused-ring (bicyclic) bond motifs is 1. The number of hydrogen-bond donors (Lipinski definition) is 1. The summed E-state index contributed by atoms with van der Waals surface area (Å²) in [6, 6.07) is 9.64. The second-order valence-electron chi connectivity index (χ2n) is 7.07. The van der Waals surface area contributed by atoms with Crippen molar-refractivity contribution in [3.8, 4) is 17.2 Å². The highest BCUT2D eigenvalue weighted by Crippen LogP contribution is 2.40. The zero-order chi connectivity index (χ0) is 19.3. The van der Waals surface area contributed by atoms with Gasteiger partial charge in [-0.15, -0.1) is 11.3 Å². The van der Waals surface area contributed by atoms with E-state index in [2.05, 4.69) is 11.4 Å². The van der Waals surface area contributed by atoms with Crippen LogP contribution in [0.25, 0.3) is 0 Å². The summed E-state index contributed by atoms with van der Waals surface area (Å²) in [5.74, 6) is 1.93. The van der Waals surface area contributed by atoms with Gasteiger partial charge in [-0.3, -0.25) is 4.79 Å². The number of aryl methyl sites for hydroxylation is 1. The van der Waals surface area contributed by atoms with Gasteiger partial charge in [0, 0.05) is 24.3 Å². The van der Waals surface area contributed by atoms with Crippen molar-refractivity contribution in [1.29, 1.82) is 0 Å². The van der Waals surface area contributed by atoms with Crippen molar-refractivity contribution in [3.63, 3.8) is 0 Å². The summed E-state index contributed by atoms with van der Waals surface area (Å²) in [6.45, 7) is 1.89. The lowest BCUT2D eigenvalue weighted by molar-refractivity contribution is -0.137. The number of amides is 1. The molecule has 0 aliphatic carbocycles. The topological polar surface area (TPSA) is 68.2 Å². The molecule has 2 aliphatic rings. The Hall–Kier alpha value is -2.25. The molecule has 2 aromatic rings. The fraction of sp³-hybridized carbons (Fsp3) is 0.476. The molecule has 1 saturated heterocycles. The van der Waals surface area contributed by atoms with Crippen LogP contribution < -0.4 is 14.2 Å². The second kappa shape index (κ2) is 8.84. The number of benzene rings is 1. The number of carbonyl (C=O) groups excluding carboxylic acids is 1. The molecule has 2 atom stereocenters. The van der Waals surface area contributed by atoms with Crippen molar-refractivity contribution in [2.24, 2.45) is 0 Å². The summed E-state index contributed by atoms with van der Waals surface area (Å²) in [4.78, 5) is 15.5. The standard InChI is InChI=1S/C21H25NO5S/c23-16-14-22(20(24)8-1-4-15-5-3-13-28-15)10-9-17(16)27-19-7-2-6-18-21(19)26-12-11-25-18/h2-3,5-7,13,16-17,23H,1,4,8-12,14H2/t16-,17-/m1/s1. The van der Waals surface area contributed by atoms with E-state index in [4.69, 9.17) is 14.2 Å². The molecule has 1 amide bonds. The Labute approximate surface area is 168 Å². The molecule has 1 fully saturated rings. The minimum absolute atomic E-state index is 0.0999. The lowest BCUT2D eigenvalue weighted by atomic mass is 10.0. The van der Waals surface area contributed by atoms with Gasteiger partial charge in [-0.05, 0) is 36.4 Å². The molecular weight excluding hydrogens is 378 g/mol. The van der Waals surface area contributed by atoms with Gasteiger partial charge in [0.15, 0.2) is 11.5 Å². The predicted octanol–water partition coefficient (Wildman–Crippen LogP) is 2.88. The van der Waals surface area contributed by atoms with Gasteiger partial charge in [-0.2, -0.15) is 0 Å². The number of likely N-dealkylation sites (tertiary alicyclic amines) is 1. The number of ether oxygens (including phenoxy) is 3. The zero-order valence-corrected chi connectivity index (χ0v) is 16.5. The van der Waals surface area contributed by atoms with Crippen LogP contribution in [0.3, 0.4) is 0 Å². The maximum absolute atomic E-state index is 12.5. The minimum Gasteiger partial charge on any atom is -0.486 e. The summed E-state index contributed by atoms with van der Waals surface area (Å²) >= 11 is 1.72. The number of carbonyl (C=O) groups is 1. The summed E-state index contributed by atoms with van der Waals surface area (Å²) in [7, 11) is 0. The number of thiophene rings is 1. The molecule has 1 aromatic heterocycles. The van der Waals surface area contributed by atoms with Crippen LogP contribution in [-0.4, -0.2) is 54.4 Å². The van der Waals surface area contributed by atoms with Crippen LogP contribution in [-0.2, 0) is 11.2 Å². The van der Waals surface area contributed by atoms with Crippen LogP contribution in [0.4, 0.5) is 0 Å². The lowest BCUT2D eigenvalue weighted by Crippen LogP contribution is -2.51. The SMILES string of the molecule is O=C(CCCc1cccs1)N1CC[C@@H](Oc2cccc3c2OCCO3)[C@H](O)C1. The molecule has 7 heteroatoms. The fourth-order valence-electron chi connectivity index (χ4n) is 3.60. The monoisotopic (exact) mass is 403 g/mol. The summed E-state index contributed by atoms with van der Waals surface area (Å²) < 4.78 is 17.3. The van der Waals surface area contributed by atoms with Crippen molar-refractivity contribution >= 4 is 17.2 Å². The first-order valence-electron chi connectivity index (χ1n) is 9.74. The predicted molar refractivity (Wildman–Crippen MR) is 106 cm³/mol. The maximum Gasteiger partial charge on any atom is 0.222 e. The van der Waals surface area contributed by atoms with Crippen molar-refractivity contribution in [3.05, 3.63) is 40.6 Å². The molecule has 0 bridgehead atoms. The maximum atomic E-state index is 12.5. The summed E-state index contributed by atoms with van der Waals surface area (Å²) in [5, 5.41) is 12.6. The third kappa shape index (κ3) is 4.42. The second-order valence-corrected chi connectivity index (χ2v) is 8.10. The Morgan fingerprint density at radius 1 is 1.25 bits per heavy atom. The lowest BCUT2D eigenvalue weighted by Gasteiger charge is -2.36. The van der Waals surface area contributed by atoms with Gasteiger partial charge in [0.25, 0.3) is 0 Å². The number of para-hydroxylation sites is 1. The smallest absolute Gasteiger partial charge is 0.222 e. The number of aliphatic hydroxyl groups is 1. The molecule has 0 unspecified atom stereocenters. The molecule has 0 radical (unpaired) electrons. The van der Waals surface area contributed by atoms with Gasteiger partial charge in [0.1, 0.15) is 25.4 Å². The van der Waals surface area contributed by atoms with Crippen molar-refractivity contribution in [2.75, 3.05) is 26.3 Å². The van der Waals surface area contributed by atoms with Gasteiger partial charge >= 0.3 is 0 Å². The van der Waals surface area contributed by atoms with Crippen LogP contribution in [0.15, 0.2) is 35.7 Å². The third-order valence-electron chi connectivity index (χ3n) is 5.08. The van der Waals surface area contributed by atoms with Crippen molar-refractivity contribution < 1.29 is 24.1 Å². The van der Waals surface area contributed by atoms with E-state index in [-0.39, 0.29) is 12.0 Å². The van der Waals surface area contributed by atoms with E-state index in [1.165, 1.54) is 4.88 Å². The number of hydrogen-bond acceptors (Lipinski definition) is 6. The molecule has 6 nitrogen and oxygen atoms in total. The Morgan fingerprint density at radius 2 is 2.14 bits per heavy atom. The fourth-order valence-corrected chi connectivity index (χ4v) is 4.36. The highest BCUT2D eigenvalue weighted by atomic mass is 32.1.